The summed E-state index contributed by atoms with van der Waals surface area (Å²) in [6, 6.07) is 0. The highest BCUT2D eigenvalue weighted by Gasteiger charge is 2.16. The van der Waals surface area contributed by atoms with Gasteiger partial charge >= 0.3 is 12.0 Å². The molecule has 0 amide bonds. The summed E-state index contributed by atoms with van der Waals surface area (Å²) in [6.07, 6.45) is 7.30. The van der Waals surface area contributed by atoms with Crippen molar-refractivity contribution in [3.63, 3.8) is 0 Å². The van der Waals surface area contributed by atoms with Gasteiger partial charge in [0.05, 0.1) is 6.61 Å². The first kappa shape index (κ1) is 11.0. The molecule has 1 aromatic heterocycles. The lowest BCUT2D eigenvalue weighted by atomic mass is 9.90. The minimum Gasteiger partial charge on any atom is -0.476 e. The lowest BCUT2D eigenvalue weighted by Crippen LogP contribution is -2.15. The second-order valence-electron chi connectivity index (χ2n) is 4.12. The Kier molecular flexibility index (Phi) is 3.44. The van der Waals surface area contributed by atoms with E-state index in [2.05, 4.69) is 4.98 Å². The van der Waals surface area contributed by atoms with E-state index in [1.54, 1.807) is 0 Å². The molecule has 5 nitrogen and oxygen atoms in total. The van der Waals surface area contributed by atoms with E-state index in [0.717, 1.165) is 6.26 Å². The first-order valence-corrected chi connectivity index (χ1v) is 5.57. The maximum atomic E-state index is 10.5. The van der Waals surface area contributed by atoms with Gasteiger partial charge in [0.2, 0.25) is 0 Å². The van der Waals surface area contributed by atoms with E-state index in [9.17, 15) is 4.79 Å². The average molecular weight is 225 g/mol. The Labute approximate surface area is 93.4 Å². The molecule has 0 saturated heterocycles. The summed E-state index contributed by atoms with van der Waals surface area (Å²) in [5.41, 5.74) is -0.112. The Morgan fingerprint density at radius 3 is 2.88 bits per heavy atom. The van der Waals surface area contributed by atoms with Crippen LogP contribution in [-0.4, -0.2) is 22.7 Å². The van der Waals surface area contributed by atoms with Gasteiger partial charge in [0.25, 0.3) is 0 Å². The smallest absolute Gasteiger partial charge is 0.394 e. The summed E-state index contributed by atoms with van der Waals surface area (Å²) in [5.74, 6) is -0.551. The van der Waals surface area contributed by atoms with Crippen LogP contribution in [0.5, 0.6) is 6.08 Å². The highest BCUT2D eigenvalue weighted by Crippen LogP contribution is 2.24. The van der Waals surface area contributed by atoms with Gasteiger partial charge in [-0.15, -0.1) is 0 Å². The number of ether oxygens (including phenoxy) is 1. The number of oxazole rings is 1. The Hall–Kier alpha value is -1.52. The van der Waals surface area contributed by atoms with E-state index >= 15 is 0 Å². The zero-order valence-electron chi connectivity index (χ0n) is 9.02. The Balaban J connectivity index is 1.81. The molecule has 16 heavy (non-hydrogen) atoms. The fourth-order valence-corrected chi connectivity index (χ4v) is 1.96. The number of carboxylic acid groups (broad SMARTS) is 1. The number of aromatic nitrogens is 1. The zero-order valence-corrected chi connectivity index (χ0v) is 9.02. The summed E-state index contributed by atoms with van der Waals surface area (Å²) in [7, 11) is 0. The van der Waals surface area contributed by atoms with Gasteiger partial charge in [0, 0.05) is 0 Å². The molecule has 1 fully saturated rings. The summed E-state index contributed by atoms with van der Waals surface area (Å²) >= 11 is 0. The molecule has 0 aliphatic heterocycles. The summed E-state index contributed by atoms with van der Waals surface area (Å²) < 4.78 is 10.2. The Morgan fingerprint density at radius 1 is 1.50 bits per heavy atom. The molecule has 1 saturated carbocycles. The topological polar surface area (TPSA) is 72.6 Å². The third kappa shape index (κ3) is 2.74. The predicted octanol–water partition coefficient (Wildman–Crippen LogP) is 2.33. The Bertz CT molecular complexity index is 355. The third-order valence-electron chi connectivity index (χ3n) is 2.87. The van der Waals surface area contributed by atoms with E-state index < -0.39 is 5.97 Å². The number of carboxylic acids is 1. The summed E-state index contributed by atoms with van der Waals surface area (Å²) in [5, 5.41) is 8.64. The number of hydrogen-bond donors (Lipinski definition) is 1. The van der Waals surface area contributed by atoms with Crippen molar-refractivity contribution in [2.24, 2.45) is 5.92 Å². The van der Waals surface area contributed by atoms with E-state index in [0.29, 0.717) is 12.5 Å². The van der Waals surface area contributed by atoms with Crippen LogP contribution in [0.25, 0.3) is 0 Å². The van der Waals surface area contributed by atoms with Gasteiger partial charge in [-0.1, -0.05) is 19.3 Å². The number of hydrogen-bond acceptors (Lipinski definition) is 4. The van der Waals surface area contributed by atoms with Crippen molar-refractivity contribution in [1.29, 1.82) is 0 Å². The van der Waals surface area contributed by atoms with E-state index in [1.807, 2.05) is 0 Å². The third-order valence-corrected chi connectivity index (χ3v) is 2.87. The largest absolute Gasteiger partial charge is 0.476 e. The molecule has 1 aliphatic carbocycles. The van der Waals surface area contributed by atoms with Gasteiger partial charge in [-0.3, -0.25) is 0 Å². The standard InChI is InChI=1S/C11H15NO4/c13-10(14)9-7-16-11(12-9)15-6-8-4-2-1-3-5-8/h7-8H,1-6H2,(H,13,14). The quantitative estimate of drug-likeness (QED) is 0.851. The van der Waals surface area contributed by atoms with Gasteiger partial charge < -0.3 is 14.3 Å². The van der Waals surface area contributed by atoms with E-state index in [4.69, 9.17) is 14.3 Å². The SMILES string of the molecule is O=C(O)c1coc(OCC2CCCCC2)n1. The van der Waals surface area contributed by atoms with Gasteiger partial charge in [0.1, 0.15) is 6.26 Å². The van der Waals surface area contributed by atoms with E-state index in [1.165, 1.54) is 32.1 Å². The minimum absolute atomic E-state index is 0.0583. The lowest BCUT2D eigenvalue weighted by molar-refractivity contribution is 0.0690. The molecular weight excluding hydrogens is 210 g/mol. The van der Waals surface area contributed by atoms with Crippen LogP contribution < -0.4 is 4.74 Å². The predicted molar refractivity (Wildman–Crippen MR) is 55.5 cm³/mol. The monoisotopic (exact) mass is 225 g/mol. The van der Waals surface area contributed by atoms with Gasteiger partial charge in [-0.2, -0.15) is 4.98 Å². The zero-order chi connectivity index (χ0) is 11.4. The van der Waals surface area contributed by atoms with Crippen LogP contribution in [0.2, 0.25) is 0 Å². The number of nitrogens with zero attached hydrogens (tertiary/aromatic N) is 1. The number of carbonyl (C=O) groups is 1. The summed E-state index contributed by atoms with van der Waals surface area (Å²) in [4.78, 5) is 14.2. The highest BCUT2D eigenvalue weighted by molar-refractivity contribution is 5.84. The normalized spacial score (nSPS) is 17.2. The van der Waals surface area contributed by atoms with Crippen LogP contribution in [0.1, 0.15) is 42.6 Å². The molecule has 1 heterocycles. The van der Waals surface area contributed by atoms with Crippen LogP contribution in [0, 0.1) is 5.92 Å². The highest BCUT2D eigenvalue weighted by atomic mass is 16.6. The van der Waals surface area contributed by atoms with Crippen molar-refractivity contribution >= 4 is 5.97 Å². The van der Waals surface area contributed by atoms with Crippen LogP contribution in [-0.2, 0) is 0 Å². The maximum absolute atomic E-state index is 10.5. The molecule has 0 bridgehead atoms. The van der Waals surface area contributed by atoms with Gasteiger partial charge in [-0.05, 0) is 18.8 Å². The minimum atomic E-state index is -1.10. The second-order valence-corrected chi connectivity index (χ2v) is 4.12. The average Bonchev–Trinajstić information content (AvgIpc) is 2.76. The molecule has 2 rings (SSSR count). The molecule has 0 unspecified atom stereocenters. The number of rotatable bonds is 4. The summed E-state index contributed by atoms with van der Waals surface area (Å²) in [6.45, 7) is 0.569. The lowest BCUT2D eigenvalue weighted by Gasteiger charge is -2.20. The first-order chi connectivity index (χ1) is 7.75. The molecular formula is C11H15NO4. The maximum Gasteiger partial charge on any atom is 0.394 e. The molecule has 0 radical (unpaired) electrons. The second kappa shape index (κ2) is 5.01. The van der Waals surface area contributed by atoms with Crippen molar-refractivity contribution in [3.8, 4) is 6.08 Å². The fourth-order valence-electron chi connectivity index (χ4n) is 1.96. The molecule has 0 aromatic carbocycles. The van der Waals surface area contributed by atoms with Crippen molar-refractivity contribution in [2.45, 2.75) is 32.1 Å². The molecule has 0 atom stereocenters. The number of aromatic carboxylic acids is 1. The van der Waals surface area contributed by atoms with Crippen LogP contribution in [0.3, 0.4) is 0 Å². The van der Waals surface area contributed by atoms with Crippen LogP contribution in [0.15, 0.2) is 10.7 Å². The van der Waals surface area contributed by atoms with Crippen molar-refractivity contribution in [1.82, 2.24) is 4.98 Å². The molecule has 0 spiro atoms. The molecule has 1 aliphatic rings. The van der Waals surface area contributed by atoms with E-state index in [-0.39, 0.29) is 11.8 Å². The van der Waals surface area contributed by atoms with Crippen molar-refractivity contribution in [2.75, 3.05) is 6.61 Å². The van der Waals surface area contributed by atoms with Gasteiger partial charge in [0.15, 0.2) is 5.69 Å². The molecule has 1 aromatic rings. The Morgan fingerprint density at radius 2 is 2.25 bits per heavy atom. The van der Waals surface area contributed by atoms with Crippen LogP contribution in [0.4, 0.5) is 0 Å². The van der Waals surface area contributed by atoms with Crippen molar-refractivity contribution in [3.05, 3.63) is 12.0 Å². The van der Waals surface area contributed by atoms with Gasteiger partial charge in [-0.25, -0.2) is 4.79 Å². The fraction of sp³-hybridized carbons (Fsp3) is 0.636. The first-order valence-electron chi connectivity index (χ1n) is 5.57. The molecule has 1 N–H and O–H groups in total. The molecule has 5 heteroatoms. The molecule has 88 valence electrons. The van der Waals surface area contributed by atoms with Crippen molar-refractivity contribution < 1.29 is 19.1 Å². The van der Waals surface area contributed by atoms with Crippen LogP contribution >= 0.6 is 0 Å².